The van der Waals surface area contributed by atoms with Gasteiger partial charge in [-0.05, 0) is 23.8 Å². The highest BCUT2D eigenvalue weighted by Gasteiger charge is 2.78. The Bertz CT molecular complexity index is 1060. The van der Waals surface area contributed by atoms with E-state index in [1.54, 1.807) is 41.5 Å². The van der Waals surface area contributed by atoms with Gasteiger partial charge in [0.05, 0.1) is 24.7 Å². The lowest BCUT2D eigenvalue weighted by Crippen LogP contribution is -2.73. The maximum Gasteiger partial charge on any atom is 0.352 e. The van der Waals surface area contributed by atoms with Gasteiger partial charge in [0.1, 0.15) is 18.0 Å². The molecule has 10 N–H and O–H groups in total. The van der Waals surface area contributed by atoms with E-state index < -0.39 is 88.9 Å². The Balaban J connectivity index is 3.23. The average molecular weight is 525 g/mol. The molecule has 3 unspecified atom stereocenters. The lowest BCUT2D eigenvalue weighted by molar-refractivity contribution is -0.191. The number of hydrogen-bond acceptors (Lipinski definition) is 12. The minimum atomic E-state index is -2.88. The van der Waals surface area contributed by atoms with Gasteiger partial charge in [0, 0.05) is 6.20 Å². The maximum atomic E-state index is 14.3. The van der Waals surface area contributed by atoms with Crippen LogP contribution < -0.4 is 28.6 Å². The van der Waals surface area contributed by atoms with Crippen molar-refractivity contribution < 1.29 is 29.3 Å². The number of carbonyl (C=O) groups is 3. The Morgan fingerprint density at radius 3 is 1.78 bits per heavy atom. The summed E-state index contributed by atoms with van der Waals surface area (Å²) in [7, 11) is 0. The highest BCUT2D eigenvalue weighted by Crippen LogP contribution is 2.54. The van der Waals surface area contributed by atoms with Crippen LogP contribution in [0.25, 0.3) is 0 Å². The largest absolute Gasteiger partial charge is 0.394 e. The van der Waals surface area contributed by atoms with E-state index in [0.717, 1.165) is 12.3 Å². The number of aliphatic hydroxyl groups is 2. The summed E-state index contributed by atoms with van der Waals surface area (Å²) >= 11 is 0. The second kappa shape index (κ2) is 11.1. The third-order valence-corrected chi connectivity index (χ3v) is 7.17. The summed E-state index contributed by atoms with van der Waals surface area (Å²) < 4.78 is 6.60. The molecule has 1 aromatic heterocycles. The second-order valence-electron chi connectivity index (χ2n) is 10.6. The quantitative estimate of drug-likeness (QED) is 0.170. The van der Waals surface area contributed by atoms with Crippen LogP contribution in [0.2, 0.25) is 0 Å². The molecule has 1 saturated heterocycles. The van der Waals surface area contributed by atoms with Crippen LogP contribution in [0.5, 0.6) is 0 Å². The summed E-state index contributed by atoms with van der Waals surface area (Å²) in [6, 6.07) is -3.04. The van der Waals surface area contributed by atoms with Crippen LogP contribution in [-0.4, -0.2) is 74.1 Å². The van der Waals surface area contributed by atoms with Crippen LogP contribution in [0, 0.1) is 23.2 Å². The van der Waals surface area contributed by atoms with Gasteiger partial charge in [-0.3, -0.25) is 19.0 Å². The Labute approximate surface area is 215 Å². The Morgan fingerprint density at radius 1 is 0.973 bits per heavy atom. The first-order valence-corrected chi connectivity index (χ1v) is 12.3. The number of aromatic nitrogens is 2. The highest BCUT2D eigenvalue weighted by molar-refractivity contribution is 6.17. The van der Waals surface area contributed by atoms with Gasteiger partial charge in [-0.25, -0.2) is 4.79 Å². The van der Waals surface area contributed by atoms with Crippen molar-refractivity contribution in [2.24, 2.45) is 40.4 Å². The van der Waals surface area contributed by atoms with Crippen molar-refractivity contribution in [3.8, 4) is 0 Å². The minimum absolute atomic E-state index is 0.213. The van der Waals surface area contributed by atoms with Crippen molar-refractivity contribution in [3.63, 3.8) is 0 Å². The average Bonchev–Trinajstić information content (AvgIpc) is 3.10. The number of carbonyl (C=O) groups excluding carboxylic acids is 3. The molecular formula is C24H40N6O7. The predicted molar refractivity (Wildman–Crippen MR) is 135 cm³/mol. The lowest BCUT2D eigenvalue weighted by Gasteiger charge is -2.46. The molecule has 2 rings (SSSR count). The molecule has 0 radical (unpaired) electrons. The molecule has 0 saturated carbocycles. The number of nitrogen functional groups attached to an aromatic ring is 1. The third kappa shape index (κ3) is 4.64. The van der Waals surface area contributed by atoms with Crippen LogP contribution in [0.15, 0.2) is 17.1 Å². The summed E-state index contributed by atoms with van der Waals surface area (Å²) in [5.41, 5.74) is 17.5. The molecule has 0 aliphatic carbocycles. The van der Waals surface area contributed by atoms with Gasteiger partial charge >= 0.3 is 5.69 Å². The Kier molecular flexibility index (Phi) is 9.16. The van der Waals surface area contributed by atoms with Gasteiger partial charge in [-0.2, -0.15) is 4.98 Å². The van der Waals surface area contributed by atoms with Crippen molar-refractivity contribution in [2.75, 3.05) is 12.3 Å². The van der Waals surface area contributed by atoms with Crippen molar-refractivity contribution in [1.29, 1.82) is 0 Å². The molecule has 0 bridgehead atoms. The smallest absolute Gasteiger partial charge is 0.352 e. The second-order valence-corrected chi connectivity index (χ2v) is 10.6. The Morgan fingerprint density at radius 2 is 1.41 bits per heavy atom. The molecular weight excluding hydrogens is 484 g/mol. The summed E-state index contributed by atoms with van der Waals surface area (Å²) in [5, 5.41) is 21.7. The Hall–Kier alpha value is -2.55. The van der Waals surface area contributed by atoms with Gasteiger partial charge < -0.3 is 37.9 Å². The molecule has 1 fully saturated rings. The molecule has 0 spiro atoms. The van der Waals surface area contributed by atoms with Crippen LogP contribution >= 0.6 is 0 Å². The van der Waals surface area contributed by atoms with Gasteiger partial charge in [0.2, 0.25) is 11.5 Å². The highest BCUT2D eigenvalue weighted by atomic mass is 16.6. The first-order chi connectivity index (χ1) is 17.0. The first-order valence-electron chi connectivity index (χ1n) is 12.3. The molecule has 0 aromatic carbocycles. The number of ether oxygens (including phenoxy) is 1. The number of hydrogen-bond donors (Lipinski definition) is 6. The fourth-order valence-electron chi connectivity index (χ4n) is 4.67. The van der Waals surface area contributed by atoms with E-state index >= 15 is 0 Å². The lowest BCUT2D eigenvalue weighted by atomic mass is 9.60. The zero-order valence-corrected chi connectivity index (χ0v) is 22.1. The summed E-state index contributed by atoms with van der Waals surface area (Å²) in [4.78, 5) is 59.9. The minimum Gasteiger partial charge on any atom is -0.394 e. The van der Waals surface area contributed by atoms with Crippen molar-refractivity contribution in [3.05, 3.63) is 22.7 Å². The van der Waals surface area contributed by atoms with Crippen molar-refractivity contribution in [2.45, 2.75) is 77.6 Å². The maximum absolute atomic E-state index is 14.3. The molecule has 2 heterocycles. The molecule has 13 nitrogen and oxygen atoms in total. The number of aliphatic hydroxyl groups excluding tert-OH is 2. The number of ketones is 3. The molecule has 208 valence electrons. The summed E-state index contributed by atoms with van der Waals surface area (Å²) in [6.07, 6.45) is -2.77. The van der Waals surface area contributed by atoms with E-state index in [9.17, 15) is 29.4 Å². The predicted octanol–water partition coefficient (Wildman–Crippen LogP) is -2.13. The van der Waals surface area contributed by atoms with E-state index in [4.69, 9.17) is 27.7 Å². The van der Waals surface area contributed by atoms with Crippen molar-refractivity contribution >= 4 is 23.2 Å². The fraction of sp³-hybridized carbons (Fsp3) is 0.708. The zero-order chi connectivity index (χ0) is 28.6. The fourth-order valence-corrected chi connectivity index (χ4v) is 4.67. The van der Waals surface area contributed by atoms with Crippen molar-refractivity contribution in [1.82, 2.24) is 9.55 Å². The molecule has 37 heavy (non-hydrogen) atoms. The first kappa shape index (κ1) is 30.7. The molecule has 1 aliphatic rings. The molecule has 0 amide bonds. The number of nitrogens with zero attached hydrogens (tertiary/aromatic N) is 2. The van der Waals surface area contributed by atoms with Crippen LogP contribution in [0.4, 0.5) is 5.82 Å². The van der Waals surface area contributed by atoms with Gasteiger partial charge in [-0.15, -0.1) is 0 Å². The van der Waals surface area contributed by atoms with Crippen LogP contribution in [-0.2, 0) is 24.8 Å². The molecule has 6 atom stereocenters. The standard InChI is InChI=1S/C24H40N6O7/c1-10(2)15(26)19(33)23(20(34)16(27)11(3)4)18(32)13(9-31)37-24(23,21(35)17(28)12(5)6)30-8-7-14(25)29-22(30)36/h7-8,10-13,15-18,31-32H,9,26-28H2,1-6H3,(H2,25,29,36)/t13-,15?,16?,17?,18-,23?,24-/m1/s1. The summed E-state index contributed by atoms with van der Waals surface area (Å²) in [5.74, 6) is -5.15. The van der Waals surface area contributed by atoms with Gasteiger partial charge in [-0.1, -0.05) is 41.5 Å². The normalized spacial score (nSPS) is 28.5. The SMILES string of the molecule is CC(C)C(N)C(=O)C1(C(=O)C(N)C(C)C)[C@H](O)[C@@H](CO)O[C@@]1(C(=O)C(N)C(C)C)n1ccc(N)nc1=O. The topological polar surface area (TPSA) is 240 Å². The van der Waals surface area contributed by atoms with E-state index in [1.807, 2.05) is 0 Å². The van der Waals surface area contributed by atoms with E-state index in [2.05, 4.69) is 4.98 Å². The monoisotopic (exact) mass is 524 g/mol. The number of rotatable bonds is 11. The van der Waals surface area contributed by atoms with Crippen LogP contribution in [0.3, 0.4) is 0 Å². The zero-order valence-electron chi connectivity index (χ0n) is 22.1. The van der Waals surface area contributed by atoms with Crippen LogP contribution in [0.1, 0.15) is 41.5 Å². The third-order valence-electron chi connectivity index (χ3n) is 7.17. The number of anilines is 1. The van der Waals surface area contributed by atoms with E-state index in [-0.39, 0.29) is 5.82 Å². The summed E-state index contributed by atoms with van der Waals surface area (Å²) in [6.45, 7) is 8.73. The number of nitrogens with two attached hydrogens (primary N) is 4. The molecule has 13 heteroatoms. The van der Waals surface area contributed by atoms with E-state index in [1.165, 1.54) is 0 Å². The van der Waals surface area contributed by atoms with E-state index in [0.29, 0.717) is 4.57 Å². The molecule has 1 aliphatic heterocycles. The van der Waals surface area contributed by atoms with Gasteiger partial charge in [0.15, 0.2) is 17.0 Å². The van der Waals surface area contributed by atoms with Gasteiger partial charge in [0.25, 0.3) is 0 Å². The molecule has 1 aromatic rings. The number of Topliss-reactive ketones (excluding diaryl/α,β-unsaturated/α-hetero) is 3.